The SMILES string of the molecule is COc1ccccc1CC(=O)N1CCC[C@@H](c2ncccc2C(=O)NC(C)C)C1. The Kier molecular flexibility index (Phi) is 6.86. The molecule has 29 heavy (non-hydrogen) atoms. The van der Waals surface area contributed by atoms with Gasteiger partial charge in [-0.2, -0.15) is 0 Å². The van der Waals surface area contributed by atoms with Crippen LogP contribution in [0.5, 0.6) is 5.75 Å². The van der Waals surface area contributed by atoms with Gasteiger partial charge in [0.15, 0.2) is 0 Å². The van der Waals surface area contributed by atoms with Crippen molar-refractivity contribution in [2.45, 2.75) is 45.1 Å². The minimum Gasteiger partial charge on any atom is -0.496 e. The summed E-state index contributed by atoms with van der Waals surface area (Å²) in [6, 6.07) is 11.3. The van der Waals surface area contributed by atoms with Gasteiger partial charge in [-0.25, -0.2) is 0 Å². The number of ether oxygens (including phenoxy) is 1. The van der Waals surface area contributed by atoms with Crippen LogP contribution in [0.15, 0.2) is 42.6 Å². The quantitative estimate of drug-likeness (QED) is 0.815. The number of carbonyl (C=O) groups excluding carboxylic acids is 2. The summed E-state index contributed by atoms with van der Waals surface area (Å²) in [7, 11) is 1.62. The van der Waals surface area contributed by atoms with Crippen LogP contribution >= 0.6 is 0 Å². The average molecular weight is 396 g/mol. The van der Waals surface area contributed by atoms with Crippen LogP contribution in [-0.4, -0.2) is 47.9 Å². The molecular formula is C23H29N3O3. The third-order valence-electron chi connectivity index (χ3n) is 5.20. The lowest BCUT2D eigenvalue weighted by molar-refractivity contribution is -0.131. The number of aromatic nitrogens is 1. The van der Waals surface area contributed by atoms with Crippen molar-refractivity contribution in [3.05, 3.63) is 59.4 Å². The zero-order valence-electron chi connectivity index (χ0n) is 17.4. The number of hydrogen-bond acceptors (Lipinski definition) is 4. The molecule has 6 heteroatoms. The van der Waals surface area contributed by atoms with Gasteiger partial charge in [-0.05, 0) is 44.9 Å². The molecule has 1 fully saturated rings. The molecule has 2 aromatic rings. The van der Waals surface area contributed by atoms with Crippen LogP contribution < -0.4 is 10.1 Å². The fourth-order valence-corrected chi connectivity index (χ4v) is 3.83. The van der Waals surface area contributed by atoms with Crippen molar-refractivity contribution in [1.82, 2.24) is 15.2 Å². The number of likely N-dealkylation sites (tertiary alicyclic amines) is 1. The van der Waals surface area contributed by atoms with E-state index in [2.05, 4.69) is 10.3 Å². The first-order chi connectivity index (χ1) is 14.0. The van der Waals surface area contributed by atoms with Gasteiger partial charge in [-0.15, -0.1) is 0 Å². The summed E-state index contributed by atoms with van der Waals surface area (Å²) in [6.07, 6.45) is 3.83. The maximum Gasteiger partial charge on any atom is 0.253 e. The molecule has 1 aliphatic heterocycles. The van der Waals surface area contributed by atoms with Gasteiger partial charge in [-0.3, -0.25) is 14.6 Å². The first-order valence-electron chi connectivity index (χ1n) is 10.1. The molecule has 0 spiro atoms. The summed E-state index contributed by atoms with van der Waals surface area (Å²) in [5.41, 5.74) is 2.27. The zero-order valence-corrected chi connectivity index (χ0v) is 17.4. The minimum absolute atomic E-state index is 0.0551. The van der Waals surface area contributed by atoms with Crippen molar-refractivity contribution in [2.75, 3.05) is 20.2 Å². The number of nitrogens with zero attached hydrogens (tertiary/aromatic N) is 2. The first-order valence-corrected chi connectivity index (χ1v) is 10.1. The van der Waals surface area contributed by atoms with Crippen molar-refractivity contribution >= 4 is 11.8 Å². The number of hydrogen-bond donors (Lipinski definition) is 1. The second-order valence-electron chi connectivity index (χ2n) is 7.73. The average Bonchev–Trinajstić information content (AvgIpc) is 2.73. The highest BCUT2D eigenvalue weighted by molar-refractivity contribution is 5.95. The first kappa shape index (κ1) is 20.8. The zero-order chi connectivity index (χ0) is 20.8. The van der Waals surface area contributed by atoms with Gasteiger partial charge >= 0.3 is 0 Å². The molecule has 2 amide bonds. The van der Waals surface area contributed by atoms with Crippen LogP contribution in [-0.2, 0) is 11.2 Å². The summed E-state index contributed by atoms with van der Waals surface area (Å²) in [5.74, 6) is 0.746. The highest BCUT2D eigenvalue weighted by Crippen LogP contribution is 2.29. The van der Waals surface area contributed by atoms with E-state index in [1.54, 1.807) is 19.4 Å². The number of nitrogens with one attached hydrogen (secondary N) is 1. The van der Waals surface area contributed by atoms with E-state index in [-0.39, 0.29) is 23.8 Å². The molecule has 0 saturated carbocycles. The summed E-state index contributed by atoms with van der Waals surface area (Å²) < 4.78 is 5.37. The Morgan fingerprint density at radius 2 is 2.03 bits per heavy atom. The van der Waals surface area contributed by atoms with Gasteiger partial charge < -0.3 is 15.0 Å². The third-order valence-corrected chi connectivity index (χ3v) is 5.20. The van der Waals surface area contributed by atoms with Gasteiger partial charge in [0.1, 0.15) is 5.75 Å². The van der Waals surface area contributed by atoms with Gasteiger partial charge in [-0.1, -0.05) is 18.2 Å². The molecule has 154 valence electrons. The Bertz CT molecular complexity index is 866. The molecule has 1 aromatic carbocycles. The van der Waals surface area contributed by atoms with Crippen LogP contribution in [0.4, 0.5) is 0 Å². The predicted molar refractivity (Wildman–Crippen MR) is 112 cm³/mol. The summed E-state index contributed by atoms with van der Waals surface area (Å²) in [5, 5.41) is 2.94. The summed E-state index contributed by atoms with van der Waals surface area (Å²) in [4.78, 5) is 32.0. The topological polar surface area (TPSA) is 71.5 Å². The molecule has 1 N–H and O–H groups in total. The standard InChI is InChI=1S/C23H29N3O3/c1-16(2)25-23(28)19-10-6-12-24-22(19)18-9-7-13-26(15-18)21(27)14-17-8-4-5-11-20(17)29-3/h4-6,8,10-12,16,18H,7,9,13-15H2,1-3H3,(H,25,28)/t18-/m1/s1. The molecule has 3 rings (SSSR count). The van der Waals surface area contributed by atoms with E-state index < -0.39 is 0 Å². The Morgan fingerprint density at radius 1 is 1.24 bits per heavy atom. The lowest BCUT2D eigenvalue weighted by atomic mass is 9.91. The summed E-state index contributed by atoms with van der Waals surface area (Å²) in [6.45, 7) is 5.18. The molecule has 6 nitrogen and oxygen atoms in total. The van der Waals surface area contributed by atoms with E-state index >= 15 is 0 Å². The minimum atomic E-state index is -0.111. The Labute approximate surface area is 172 Å². The highest BCUT2D eigenvalue weighted by Gasteiger charge is 2.29. The lowest BCUT2D eigenvalue weighted by Gasteiger charge is -2.33. The number of amides is 2. The molecule has 0 unspecified atom stereocenters. The lowest BCUT2D eigenvalue weighted by Crippen LogP contribution is -2.41. The van der Waals surface area contributed by atoms with Crippen LogP contribution in [0.1, 0.15) is 54.2 Å². The Morgan fingerprint density at radius 3 is 2.79 bits per heavy atom. The fraction of sp³-hybridized carbons (Fsp3) is 0.435. The Hall–Kier alpha value is -2.89. The van der Waals surface area contributed by atoms with E-state index in [1.807, 2.05) is 49.1 Å². The van der Waals surface area contributed by atoms with E-state index in [0.717, 1.165) is 36.4 Å². The van der Waals surface area contributed by atoms with Crippen LogP contribution in [0.3, 0.4) is 0 Å². The maximum absolute atomic E-state index is 12.9. The molecule has 0 aliphatic carbocycles. The van der Waals surface area contributed by atoms with Crippen molar-refractivity contribution in [1.29, 1.82) is 0 Å². The predicted octanol–water partition coefficient (Wildman–Crippen LogP) is 3.18. The second-order valence-corrected chi connectivity index (χ2v) is 7.73. The normalized spacial score (nSPS) is 16.6. The number of carbonyl (C=O) groups is 2. The van der Waals surface area contributed by atoms with Crippen molar-refractivity contribution in [3.8, 4) is 5.75 Å². The van der Waals surface area contributed by atoms with Crippen molar-refractivity contribution in [2.24, 2.45) is 0 Å². The second kappa shape index (κ2) is 9.54. The molecule has 1 aliphatic rings. The number of pyridine rings is 1. The highest BCUT2D eigenvalue weighted by atomic mass is 16.5. The van der Waals surface area contributed by atoms with Gasteiger partial charge in [0, 0.05) is 36.8 Å². The molecule has 1 atom stereocenters. The number of piperidine rings is 1. The van der Waals surface area contributed by atoms with Gasteiger partial charge in [0.2, 0.25) is 5.91 Å². The van der Waals surface area contributed by atoms with Crippen LogP contribution in [0.2, 0.25) is 0 Å². The van der Waals surface area contributed by atoms with Crippen LogP contribution in [0, 0.1) is 0 Å². The largest absolute Gasteiger partial charge is 0.496 e. The monoisotopic (exact) mass is 395 g/mol. The molecule has 1 saturated heterocycles. The summed E-state index contributed by atoms with van der Waals surface area (Å²) >= 11 is 0. The van der Waals surface area contributed by atoms with E-state index in [4.69, 9.17) is 4.74 Å². The van der Waals surface area contributed by atoms with Crippen molar-refractivity contribution in [3.63, 3.8) is 0 Å². The Balaban J connectivity index is 1.74. The van der Waals surface area contributed by atoms with Gasteiger partial charge in [0.25, 0.3) is 5.91 Å². The van der Waals surface area contributed by atoms with Crippen molar-refractivity contribution < 1.29 is 14.3 Å². The number of benzene rings is 1. The molecular weight excluding hydrogens is 366 g/mol. The number of para-hydroxylation sites is 1. The fourth-order valence-electron chi connectivity index (χ4n) is 3.83. The molecule has 2 heterocycles. The molecule has 0 radical (unpaired) electrons. The molecule has 0 bridgehead atoms. The number of methoxy groups -OCH3 is 1. The third kappa shape index (κ3) is 5.13. The maximum atomic E-state index is 12.9. The van der Waals surface area contributed by atoms with E-state index in [0.29, 0.717) is 18.5 Å². The number of rotatable bonds is 6. The smallest absolute Gasteiger partial charge is 0.253 e. The van der Waals surface area contributed by atoms with Crippen LogP contribution in [0.25, 0.3) is 0 Å². The van der Waals surface area contributed by atoms with Gasteiger partial charge in [0.05, 0.1) is 24.8 Å². The molecule has 1 aromatic heterocycles. The van der Waals surface area contributed by atoms with E-state index in [1.165, 1.54) is 0 Å². The van der Waals surface area contributed by atoms with E-state index in [9.17, 15) is 9.59 Å².